The van der Waals surface area contributed by atoms with Gasteiger partial charge in [0.15, 0.2) is 18.1 Å². The lowest BCUT2D eigenvalue weighted by Gasteiger charge is -2.14. The van der Waals surface area contributed by atoms with Crippen LogP contribution in [-0.4, -0.2) is 42.3 Å². The standard InChI is InChI=1S/C26H22INO6S/c1-3-33-23(29)15-34-24-20(27)11-16(12-21(24)32-2)13-22-25(30)28(26(31)35-22)14-18-9-6-8-17-7-4-5-10-19(17)18/h4-13H,3,14-15H2,1-2H3/b22-13-. The first-order valence-electron chi connectivity index (χ1n) is 10.8. The molecule has 2 amide bonds. The second kappa shape index (κ2) is 11.1. The summed E-state index contributed by atoms with van der Waals surface area (Å²) in [5, 5.41) is 1.75. The lowest BCUT2D eigenvalue weighted by Crippen LogP contribution is -2.27. The highest BCUT2D eigenvalue weighted by Gasteiger charge is 2.35. The van der Waals surface area contributed by atoms with Gasteiger partial charge in [-0.1, -0.05) is 42.5 Å². The molecule has 0 aromatic heterocycles. The van der Waals surface area contributed by atoms with Crippen LogP contribution in [0.1, 0.15) is 18.1 Å². The summed E-state index contributed by atoms with van der Waals surface area (Å²) < 4.78 is 16.6. The first-order valence-corrected chi connectivity index (χ1v) is 12.7. The molecule has 180 valence electrons. The van der Waals surface area contributed by atoms with Crippen LogP contribution in [-0.2, 0) is 20.9 Å². The average Bonchev–Trinajstić information content (AvgIpc) is 3.10. The number of hydrogen-bond donors (Lipinski definition) is 0. The smallest absolute Gasteiger partial charge is 0.344 e. The van der Waals surface area contributed by atoms with Gasteiger partial charge >= 0.3 is 5.97 Å². The molecule has 0 atom stereocenters. The average molecular weight is 603 g/mol. The molecule has 0 radical (unpaired) electrons. The minimum absolute atomic E-state index is 0.199. The van der Waals surface area contributed by atoms with E-state index in [1.807, 2.05) is 42.5 Å². The molecule has 1 saturated heterocycles. The van der Waals surface area contributed by atoms with E-state index in [4.69, 9.17) is 14.2 Å². The van der Waals surface area contributed by atoms with Crippen molar-refractivity contribution >= 4 is 68.3 Å². The van der Waals surface area contributed by atoms with Crippen LogP contribution >= 0.6 is 34.4 Å². The van der Waals surface area contributed by atoms with Gasteiger partial charge in [0.1, 0.15) is 0 Å². The summed E-state index contributed by atoms with van der Waals surface area (Å²) in [7, 11) is 1.49. The van der Waals surface area contributed by atoms with Crippen LogP contribution in [0.4, 0.5) is 4.79 Å². The molecule has 0 bridgehead atoms. The van der Waals surface area contributed by atoms with Crippen LogP contribution in [0.3, 0.4) is 0 Å². The number of ether oxygens (including phenoxy) is 3. The number of amides is 2. The third-order valence-corrected chi connectivity index (χ3v) is 6.98. The Morgan fingerprint density at radius 3 is 2.66 bits per heavy atom. The number of thioether (sulfide) groups is 1. The number of methoxy groups -OCH3 is 1. The number of benzene rings is 3. The lowest BCUT2D eigenvalue weighted by molar-refractivity contribution is -0.145. The van der Waals surface area contributed by atoms with Crippen molar-refractivity contribution in [3.8, 4) is 11.5 Å². The molecule has 1 heterocycles. The minimum atomic E-state index is -0.478. The fourth-order valence-electron chi connectivity index (χ4n) is 3.69. The monoisotopic (exact) mass is 603 g/mol. The number of nitrogens with zero attached hydrogens (tertiary/aromatic N) is 1. The Morgan fingerprint density at radius 2 is 1.89 bits per heavy atom. The van der Waals surface area contributed by atoms with Gasteiger partial charge in [0.25, 0.3) is 11.1 Å². The van der Waals surface area contributed by atoms with E-state index in [1.54, 1.807) is 25.1 Å². The Hall–Kier alpha value is -3.05. The molecule has 35 heavy (non-hydrogen) atoms. The van der Waals surface area contributed by atoms with Gasteiger partial charge in [0.2, 0.25) is 0 Å². The molecule has 4 rings (SSSR count). The van der Waals surface area contributed by atoms with E-state index < -0.39 is 5.97 Å². The van der Waals surface area contributed by atoms with Crippen LogP contribution < -0.4 is 9.47 Å². The minimum Gasteiger partial charge on any atom is -0.493 e. The number of hydrogen-bond acceptors (Lipinski definition) is 7. The van der Waals surface area contributed by atoms with Gasteiger partial charge in [0.05, 0.1) is 28.7 Å². The summed E-state index contributed by atoms with van der Waals surface area (Å²) in [5.41, 5.74) is 1.58. The van der Waals surface area contributed by atoms with E-state index in [9.17, 15) is 14.4 Å². The molecular weight excluding hydrogens is 581 g/mol. The number of esters is 1. The number of rotatable bonds is 8. The number of halogens is 1. The molecule has 0 aliphatic carbocycles. The second-order valence-corrected chi connectivity index (χ2v) is 9.69. The highest BCUT2D eigenvalue weighted by atomic mass is 127. The third kappa shape index (κ3) is 5.62. The molecule has 1 aliphatic heterocycles. The topological polar surface area (TPSA) is 82.1 Å². The normalized spacial score (nSPS) is 14.6. The maximum absolute atomic E-state index is 13.1. The van der Waals surface area contributed by atoms with Gasteiger partial charge in [-0.2, -0.15) is 0 Å². The van der Waals surface area contributed by atoms with Crippen molar-refractivity contribution in [1.29, 1.82) is 0 Å². The molecule has 0 spiro atoms. The van der Waals surface area contributed by atoms with Crippen molar-refractivity contribution in [3.05, 3.63) is 74.2 Å². The predicted molar refractivity (Wildman–Crippen MR) is 143 cm³/mol. The number of carbonyl (C=O) groups is 3. The fraction of sp³-hybridized carbons (Fsp3) is 0.192. The zero-order chi connectivity index (χ0) is 24.9. The lowest BCUT2D eigenvalue weighted by atomic mass is 10.0. The second-order valence-electron chi connectivity index (χ2n) is 7.53. The summed E-state index contributed by atoms with van der Waals surface area (Å²) in [5.74, 6) is -0.0105. The van der Waals surface area contributed by atoms with Crippen molar-refractivity contribution in [2.45, 2.75) is 13.5 Å². The molecule has 0 saturated carbocycles. The van der Waals surface area contributed by atoms with Crippen LogP contribution in [0, 0.1) is 3.57 Å². The molecule has 0 unspecified atom stereocenters. The van der Waals surface area contributed by atoms with Crippen molar-refractivity contribution in [2.75, 3.05) is 20.3 Å². The fourth-order valence-corrected chi connectivity index (χ4v) is 5.30. The molecule has 7 nitrogen and oxygen atoms in total. The highest BCUT2D eigenvalue weighted by molar-refractivity contribution is 14.1. The molecule has 0 N–H and O–H groups in total. The summed E-state index contributed by atoms with van der Waals surface area (Å²) in [6, 6.07) is 17.2. The Balaban J connectivity index is 1.56. The Labute approximate surface area is 220 Å². The van der Waals surface area contributed by atoms with E-state index in [-0.39, 0.29) is 30.9 Å². The van der Waals surface area contributed by atoms with Crippen LogP contribution in [0.15, 0.2) is 59.5 Å². The van der Waals surface area contributed by atoms with Gasteiger partial charge in [-0.05, 0) is 81.4 Å². The van der Waals surface area contributed by atoms with E-state index in [0.29, 0.717) is 25.5 Å². The first-order chi connectivity index (χ1) is 16.9. The zero-order valence-corrected chi connectivity index (χ0v) is 22.1. The Morgan fingerprint density at radius 1 is 1.11 bits per heavy atom. The quantitative estimate of drug-likeness (QED) is 0.188. The number of imide groups is 1. The van der Waals surface area contributed by atoms with Crippen LogP contribution in [0.2, 0.25) is 0 Å². The van der Waals surface area contributed by atoms with Gasteiger partial charge in [-0.15, -0.1) is 0 Å². The van der Waals surface area contributed by atoms with Crippen LogP contribution in [0.25, 0.3) is 16.8 Å². The van der Waals surface area contributed by atoms with Gasteiger partial charge < -0.3 is 14.2 Å². The van der Waals surface area contributed by atoms with Gasteiger partial charge in [-0.25, -0.2) is 4.79 Å². The third-order valence-electron chi connectivity index (χ3n) is 5.27. The number of carbonyl (C=O) groups excluding carboxylic acids is 3. The van der Waals surface area contributed by atoms with Crippen LogP contribution in [0.5, 0.6) is 11.5 Å². The van der Waals surface area contributed by atoms with E-state index >= 15 is 0 Å². The SMILES string of the molecule is CCOC(=O)COc1c(I)cc(/C=C2\SC(=O)N(Cc3cccc4ccccc34)C2=O)cc1OC. The van der Waals surface area contributed by atoms with E-state index in [2.05, 4.69) is 22.6 Å². The summed E-state index contributed by atoms with van der Waals surface area (Å²) in [6.07, 6.45) is 1.66. The zero-order valence-electron chi connectivity index (χ0n) is 19.1. The summed E-state index contributed by atoms with van der Waals surface area (Å²) in [4.78, 5) is 39.1. The largest absolute Gasteiger partial charge is 0.493 e. The van der Waals surface area contributed by atoms with E-state index in [1.165, 1.54) is 12.0 Å². The van der Waals surface area contributed by atoms with Gasteiger partial charge in [0, 0.05) is 0 Å². The number of fused-ring (bicyclic) bond motifs is 1. The maximum atomic E-state index is 13.1. The van der Waals surface area contributed by atoms with Gasteiger partial charge in [-0.3, -0.25) is 14.5 Å². The highest BCUT2D eigenvalue weighted by Crippen LogP contribution is 2.38. The first kappa shape index (κ1) is 25.1. The molecule has 1 fully saturated rings. The molecule has 3 aromatic rings. The summed E-state index contributed by atoms with van der Waals surface area (Å²) >= 11 is 2.98. The molecule has 1 aliphatic rings. The molecular formula is C26H22INO6S. The molecule has 9 heteroatoms. The van der Waals surface area contributed by atoms with Crippen molar-refractivity contribution in [1.82, 2.24) is 4.90 Å². The van der Waals surface area contributed by atoms with E-state index in [0.717, 1.165) is 28.1 Å². The Bertz CT molecular complexity index is 1330. The summed E-state index contributed by atoms with van der Waals surface area (Å²) in [6.45, 7) is 1.95. The van der Waals surface area contributed by atoms with Crippen molar-refractivity contribution < 1.29 is 28.6 Å². The molecule has 3 aromatic carbocycles. The maximum Gasteiger partial charge on any atom is 0.344 e. The van der Waals surface area contributed by atoms with Crippen molar-refractivity contribution in [3.63, 3.8) is 0 Å². The Kier molecular flexibility index (Phi) is 7.97. The predicted octanol–water partition coefficient (Wildman–Crippen LogP) is 5.63. The van der Waals surface area contributed by atoms with Crippen molar-refractivity contribution in [2.24, 2.45) is 0 Å².